The molecule has 112 valence electrons. The summed E-state index contributed by atoms with van der Waals surface area (Å²) in [4.78, 5) is 10.5. The lowest BCUT2D eigenvalue weighted by atomic mass is 10.0. The molecule has 0 spiro atoms. The third-order valence-corrected chi connectivity index (χ3v) is 3.22. The molecule has 1 aromatic carbocycles. The number of ether oxygens (including phenoxy) is 1. The average molecular weight is 280 g/mol. The molecule has 2 atom stereocenters. The number of hydrogen-bond donors (Lipinski definition) is 1. The fourth-order valence-corrected chi connectivity index (χ4v) is 2.22. The van der Waals surface area contributed by atoms with Crippen molar-refractivity contribution in [2.24, 2.45) is 5.92 Å². The van der Waals surface area contributed by atoms with Gasteiger partial charge in [-0.2, -0.15) is 0 Å². The minimum absolute atomic E-state index is 0.148. The van der Waals surface area contributed by atoms with E-state index in [2.05, 4.69) is 19.2 Å². The highest BCUT2D eigenvalue weighted by atomic mass is 16.6. The first kappa shape index (κ1) is 16.6. The van der Waals surface area contributed by atoms with Crippen LogP contribution < -0.4 is 5.32 Å². The normalized spacial score (nSPS) is 13.9. The molecule has 0 aliphatic heterocycles. The van der Waals surface area contributed by atoms with Gasteiger partial charge in [0, 0.05) is 38.4 Å². The Balaban J connectivity index is 2.74. The molecule has 0 fully saturated rings. The monoisotopic (exact) mass is 280 g/mol. The molecule has 0 saturated heterocycles. The molecule has 0 amide bonds. The van der Waals surface area contributed by atoms with E-state index in [0.717, 1.165) is 24.9 Å². The topological polar surface area (TPSA) is 64.4 Å². The summed E-state index contributed by atoms with van der Waals surface area (Å²) in [5, 5.41) is 14.3. The summed E-state index contributed by atoms with van der Waals surface area (Å²) in [6, 6.07) is 7.03. The quantitative estimate of drug-likeness (QED) is 0.557. The summed E-state index contributed by atoms with van der Waals surface area (Å²) in [6.45, 7) is 5.78. The number of hydrogen-bond acceptors (Lipinski definition) is 4. The molecular weight excluding hydrogens is 256 g/mol. The van der Waals surface area contributed by atoms with E-state index >= 15 is 0 Å². The van der Waals surface area contributed by atoms with E-state index in [1.54, 1.807) is 19.2 Å². The van der Waals surface area contributed by atoms with Crippen LogP contribution in [0.5, 0.6) is 0 Å². The average Bonchev–Trinajstić information content (AvgIpc) is 2.44. The van der Waals surface area contributed by atoms with E-state index in [9.17, 15) is 10.1 Å². The van der Waals surface area contributed by atoms with Gasteiger partial charge in [0.25, 0.3) is 5.69 Å². The Kier molecular flexibility index (Phi) is 7.18. The molecule has 0 aliphatic rings. The van der Waals surface area contributed by atoms with Crippen molar-refractivity contribution in [3.63, 3.8) is 0 Å². The third kappa shape index (κ3) is 5.27. The molecule has 0 aromatic heterocycles. The Morgan fingerprint density at radius 2 is 2.20 bits per heavy atom. The number of nitrogens with zero attached hydrogens (tertiary/aromatic N) is 1. The van der Waals surface area contributed by atoms with E-state index in [4.69, 9.17) is 4.74 Å². The van der Waals surface area contributed by atoms with Crippen LogP contribution in [0, 0.1) is 16.0 Å². The highest BCUT2D eigenvalue weighted by Gasteiger charge is 2.15. The van der Waals surface area contributed by atoms with Crippen LogP contribution in [0.3, 0.4) is 0 Å². The number of methoxy groups -OCH3 is 1. The fourth-order valence-electron chi connectivity index (χ4n) is 2.22. The largest absolute Gasteiger partial charge is 0.384 e. The van der Waals surface area contributed by atoms with Crippen molar-refractivity contribution in [3.8, 4) is 0 Å². The third-order valence-electron chi connectivity index (χ3n) is 3.22. The van der Waals surface area contributed by atoms with Crippen molar-refractivity contribution in [2.45, 2.75) is 32.7 Å². The Labute approximate surface area is 120 Å². The van der Waals surface area contributed by atoms with Crippen molar-refractivity contribution >= 4 is 5.69 Å². The predicted octanol–water partition coefficient (Wildman–Crippen LogP) is 3.31. The van der Waals surface area contributed by atoms with E-state index in [-0.39, 0.29) is 16.7 Å². The zero-order chi connectivity index (χ0) is 15.0. The van der Waals surface area contributed by atoms with E-state index < -0.39 is 0 Å². The van der Waals surface area contributed by atoms with Gasteiger partial charge in [0.2, 0.25) is 0 Å². The Morgan fingerprint density at radius 1 is 1.45 bits per heavy atom. The van der Waals surface area contributed by atoms with E-state index in [0.29, 0.717) is 12.5 Å². The van der Waals surface area contributed by atoms with Gasteiger partial charge in [0.15, 0.2) is 0 Å². The first-order valence-electron chi connectivity index (χ1n) is 7.05. The van der Waals surface area contributed by atoms with Crippen molar-refractivity contribution in [1.82, 2.24) is 5.32 Å². The fraction of sp³-hybridized carbons (Fsp3) is 0.600. The number of rotatable bonds is 9. The van der Waals surface area contributed by atoms with Crippen molar-refractivity contribution in [3.05, 3.63) is 39.9 Å². The molecule has 1 aromatic rings. The van der Waals surface area contributed by atoms with Gasteiger partial charge in [0.1, 0.15) is 0 Å². The van der Waals surface area contributed by atoms with E-state index in [1.807, 2.05) is 6.07 Å². The predicted molar refractivity (Wildman–Crippen MR) is 79.8 cm³/mol. The molecule has 5 nitrogen and oxygen atoms in total. The van der Waals surface area contributed by atoms with Gasteiger partial charge in [-0.15, -0.1) is 0 Å². The van der Waals surface area contributed by atoms with Crippen molar-refractivity contribution in [2.75, 3.05) is 20.3 Å². The van der Waals surface area contributed by atoms with Crippen LogP contribution in [0.25, 0.3) is 0 Å². The van der Waals surface area contributed by atoms with Crippen molar-refractivity contribution in [1.29, 1.82) is 0 Å². The molecule has 0 aliphatic carbocycles. The SMILES string of the molecule is CCCC(NCC(C)COC)c1cccc([N+](=O)[O-])c1. The Bertz CT molecular complexity index is 423. The first-order valence-corrected chi connectivity index (χ1v) is 7.05. The smallest absolute Gasteiger partial charge is 0.269 e. The molecular formula is C15H24N2O3. The van der Waals surface area contributed by atoms with Crippen LogP contribution in [0.15, 0.2) is 24.3 Å². The zero-order valence-corrected chi connectivity index (χ0v) is 12.5. The van der Waals surface area contributed by atoms with Crippen LogP contribution in [-0.2, 0) is 4.74 Å². The zero-order valence-electron chi connectivity index (χ0n) is 12.5. The summed E-state index contributed by atoms with van der Waals surface area (Å²) < 4.78 is 5.12. The lowest BCUT2D eigenvalue weighted by Gasteiger charge is -2.21. The van der Waals surface area contributed by atoms with Crippen LogP contribution >= 0.6 is 0 Å². The molecule has 1 rings (SSSR count). The molecule has 20 heavy (non-hydrogen) atoms. The van der Waals surface area contributed by atoms with Gasteiger partial charge in [-0.05, 0) is 17.9 Å². The number of nitro benzene ring substituents is 1. The van der Waals surface area contributed by atoms with Gasteiger partial charge in [-0.25, -0.2) is 0 Å². The number of non-ortho nitro benzene ring substituents is 1. The summed E-state index contributed by atoms with van der Waals surface area (Å²) >= 11 is 0. The van der Waals surface area contributed by atoms with Crippen LogP contribution in [0.1, 0.15) is 38.3 Å². The van der Waals surface area contributed by atoms with Crippen LogP contribution in [-0.4, -0.2) is 25.2 Å². The molecule has 0 bridgehead atoms. The van der Waals surface area contributed by atoms with Crippen LogP contribution in [0.2, 0.25) is 0 Å². The minimum Gasteiger partial charge on any atom is -0.384 e. The summed E-state index contributed by atoms with van der Waals surface area (Å²) in [6.07, 6.45) is 1.99. The van der Waals surface area contributed by atoms with Gasteiger partial charge in [-0.1, -0.05) is 32.4 Å². The molecule has 0 saturated carbocycles. The molecule has 1 N–H and O–H groups in total. The molecule has 5 heteroatoms. The standard InChI is InChI=1S/C15H24N2O3/c1-4-6-15(16-10-12(2)11-20-3)13-7-5-8-14(9-13)17(18)19/h5,7-9,12,15-16H,4,6,10-11H2,1-3H3. The number of benzene rings is 1. The highest BCUT2D eigenvalue weighted by molar-refractivity contribution is 5.35. The maximum Gasteiger partial charge on any atom is 0.269 e. The molecule has 2 unspecified atom stereocenters. The van der Waals surface area contributed by atoms with E-state index in [1.165, 1.54) is 6.07 Å². The second-order valence-corrected chi connectivity index (χ2v) is 5.16. The lowest BCUT2D eigenvalue weighted by Crippen LogP contribution is -2.28. The van der Waals surface area contributed by atoms with Gasteiger partial charge < -0.3 is 10.1 Å². The first-order chi connectivity index (χ1) is 9.58. The maximum absolute atomic E-state index is 10.9. The highest BCUT2D eigenvalue weighted by Crippen LogP contribution is 2.23. The Hall–Kier alpha value is -1.46. The summed E-state index contributed by atoms with van der Waals surface area (Å²) in [5.74, 6) is 0.415. The second-order valence-electron chi connectivity index (χ2n) is 5.16. The van der Waals surface area contributed by atoms with Gasteiger partial charge in [-0.3, -0.25) is 10.1 Å². The Morgan fingerprint density at radius 3 is 2.80 bits per heavy atom. The lowest BCUT2D eigenvalue weighted by molar-refractivity contribution is -0.384. The van der Waals surface area contributed by atoms with Crippen LogP contribution in [0.4, 0.5) is 5.69 Å². The van der Waals surface area contributed by atoms with Gasteiger partial charge >= 0.3 is 0 Å². The molecule has 0 heterocycles. The minimum atomic E-state index is -0.347. The number of nitrogens with one attached hydrogen (secondary N) is 1. The van der Waals surface area contributed by atoms with Crippen molar-refractivity contribution < 1.29 is 9.66 Å². The molecule has 0 radical (unpaired) electrons. The maximum atomic E-state index is 10.9. The second kappa shape index (κ2) is 8.66. The summed E-state index contributed by atoms with van der Waals surface area (Å²) in [7, 11) is 1.70. The number of nitro groups is 1. The van der Waals surface area contributed by atoms with Gasteiger partial charge in [0.05, 0.1) is 4.92 Å². The summed E-state index contributed by atoms with van der Waals surface area (Å²) in [5.41, 5.74) is 1.13.